The number of carbonyl (C=O) groups excluding carboxylic acids is 2. The number of ether oxygens (including phenoxy) is 6. The second kappa shape index (κ2) is 20.1. The number of likely N-dealkylation sites (N-methyl/N-ethyl adjacent to an activating group) is 1. The van der Waals surface area contributed by atoms with Crippen LogP contribution in [0.4, 0.5) is 5.82 Å². The molecular weight excluding hydrogens is 733 g/mol. The first-order chi connectivity index (χ1) is 25.2. The number of fused-ring (bicyclic) bond motifs is 1. The maximum atomic E-state index is 12.2. The molecule has 4 rings (SSSR count). The first-order valence-electron chi connectivity index (χ1n) is 16.7. The van der Waals surface area contributed by atoms with Gasteiger partial charge in [0.1, 0.15) is 61.3 Å². The molecule has 53 heavy (non-hydrogen) atoms. The SMILES string of the molecule is CC(=O)N(C)[C@H]1[C@H](OCCCCC(=O)NCCOCCOCO[C@@H]2[C@H](O)[C@@H](COP(=O)(O)O)O[C@H]2n2cnc3c(N)ncnc32)O[C@H](CO)[C@H](O)[C@@H]1O. The fourth-order valence-corrected chi connectivity index (χ4v) is 6.00. The molecule has 24 heteroatoms. The molecule has 300 valence electrons. The smallest absolute Gasteiger partial charge is 0.394 e. The molecule has 2 aliphatic rings. The highest BCUT2D eigenvalue weighted by molar-refractivity contribution is 7.46. The van der Waals surface area contributed by atoms with E-state index < -0.39 is 76.2 Å². The van der Waals surface area contributed by atoms with Crippen LogP contribution in [0.3, 0.4) is 0 Å². The van der Waals surface area contributed by atoms with Gasteiger partial charge >= 0.3 is 7.82 Å². The van der Waals surface area contributed by atoms with Crippen molar-refractivity contribution < 1.29 is 77.3 Å². The number of carbonyl (C=O) groups is 2. The van der Waals surface area contributed by atoms with Gasteiger partial charge < -0.3 is 74.6 Å². The number of nitrogens with one attached hydrogen (secondary N) is 1. The van der Waals surface area contributed by atoms with E-state index in [1.807, 2.05) is 0 Å². The number of phosphoric acid groups is 1. The lowest BCUT2D eigenvalue weighted by atomic mass is 9.96. The average molecular weight is 782 g/mol. The normalized spacial score (nSPS) is 27.7. The van der Waals surface area contributed by atoms with Crippen molar-refractivity contribution in [1.29, 1.82) is 0 Å². The molecule has 0 radical (unpaired) electrons. The number of amides is 2. The molecule has 0 saturated carbocycles. The highest BCUT2D eigenvalue weighted by Gasteiger charge is 2.48. The van der Waals surface area contributed by atoms with Crippen molar-refractivity contribution in [2.75, 3.05) is 65.8 Å². The predicted octanol–water partition coefficient (Wildman–Crippen LogP) is -3.26. The van der Waals surface area contributed by atoms with Crippen molar-refractivity contribution in [2.45, 2.75) is 81.4 Å². The van der Waals surface area contributed by atoms with Gasteiger partial charge in [0.05, 0.1) is 39.4 Å². The van der Waals surface area contributed by atoms with E-state index in [9.17, 15) is 34.6 Å². The Morgan fingerprint density at radius 1 is 1.00 bits per heavy atom. The fourth-order valence-electron chi connectivity index (χ4n) is 5.66. The topological polar surface area (TPSA) is 322 Å². The molecule has 2 amide bonds. The molecule has 2 fully saturated rings. The molecular formula is C29H48N7O16P. The monoisotopic (exact) mass is 781 g/mol. The number of aliphatic hydroxyl groups is 4. The highest BCUT2D eigenvalue weighted by atomic mass is 31.2. The Labute approximate surface area is 303 Å². The van der Waals surface area contributed by atoms with E-state index in [1.54, 1.807) is 0 Å². The van der Waals surface area contributed by atoms with Crippen molar-refractivity contribution >= 4 is 36.6 Å². The lowest BCUT2D eigenvalue weighted by Gasteiger charge is -2.45. The van der Waals surface area contributed by atoms with E-state index in [4.69, 9.17) is 43.9 Å². The Bertz CT molecular complexity index is 1520. The van der Waals surface area contributed by atoms with Crippen LogP contribution in [0.15, 0.2) is 12.7 Å². The van der Waals surface area contributed by atoms with Gasteiger partial charge in [-0.2, -0.15) is 0 Å². The maximum absolute atomic E-state index is 12.2. The van der Waals surface area contributed by atoms with Gasteiger partial charge in [-0.1, -0.05) is 0 Å². The number of rotatable bonds is 21. The number of hydrogen-bond donors (Lipinski definition) is 8. The molecule has 0 bridgehead atoms. The van der Waals surface area contributed by atoms with Crippen LogP contribution in [-0.4, -0.2) is 175 Å². The van der Waals surface area contributed by atoms with E-state index >= 15 is 0 Å². The van der Waals surface area contributed by atoms with Crippen LogP contribution in [0.5, 0.6) is 0 Å². The zero-order valence-corrected chi connectivity index (χ0v) is 30.0. The van der Waals surface area contributed by atoms with Gasteiger partial charge in [-0.15, -0.1) is 0 Å². The molecule has 0 aliphatic carbocycles. The number of unbranched alkanes of at least 4 members (excludes halogenated alkanes) is 1. The summed E-state index contributed by atoms with van der Waals surface area (Å²) in [6.07, 6.45) is -5.99. The molecule has 2 aliphatic heterocycles. The summed E-state index contributed by atoms with van der Waals surface area (Å²) < 4.78 is 51.0. The lowest BCUT2D eigenvalue weighted by Crippen LogP contribution is -2.64. The van der Waals surface area contributed by atoms with Crippen LogP contribution >= 0.6 is 7.82 Å². The summed E-state index contributed by atoms with van der Waals surface area (Å²) in [7, 11) is -3.40. The van der Waals surface area contributed by atoms with Gasteiger partial charge in [0.25, 0.3) is 0 Å². The molecule has 2 saturated heterocycles. The molecule has 2 aromatic heterocycles. The van der Waals surface area contributed by atoms with Crippen LogP contribution in [-0.2, 0) is 47.1 Å². The van der Waals surface area contributed by atoms with Gasteiger partial charge in [-0.3, -0.25) is 18.7 Å². The predicted molar refractivity (Wildman–Crippen MR) is 177 cm³/mol. The summed E-state index contributed by atoms with van der Waals surface area (Å²) in [5.41, 5.74) is 6.41. The second-order valence-corrected chi connectivity index (χ2v) is 13.4. The number of hydrogen-bond acceptors (Lipinski definition) is 18. The first kappa shape index (κ1) is 42.7. The Hall–Kier alpha value is -3.00. The quantitative estimate of drug-likeness (QED) is 0.0350. The highest BCUT2D eigenvalue weighted by Crippen LogP contribution is 2.39. The minimum atomic E-state index is -4.85. The summed E-state index contributed by atoms with van der Waals surface area (Å²) in [4.78, 5) is 55.7. The average Bonchev–Trinajstić information content (AvgIpc) is 3.68. The molecule has 4 heterocycles. The minimum absolute atomic E-state index is 0.0909. The Morgan fingerprint density at radius 3 is 2.47 bits per heavy atom. The van der Waals surface area contributed by atoms with Gasteiger partial charge in [-0.05, 0) is 12.8 Å². The number of anilines is 1. The molecule has 0 unspecified atom stereocenters. The summed E-state index contributed by atoms with van der Waals surface area (Å²) in [5, 5.41) is 43.8. The number of nitrogens with zero attached hydrogens (tertiary/aromatic N) is 5. The van der Waals surface area contributed by atoms with Crippen molar-refractivity contribution in [3.05, 3.63) is 12.7 Å². The molecule has 2 aromatic rings. The molecule has 0 aromatic carbocycles. The fraction of sp³-hybridized carbons (Fsp3) is 0.759. The lowest BCUT2D eigenvalue weighted by molar-refractivity contribution is -0.283. The van der Waals surface area contributed by atoms with Crippen LogP contribution in [0.25, 0.3) is 11.2 Å². The van der Waals surface area contributed by atoms with Gasteiger partial charge in [-0.25, -0.2) is 19.5 Å². The van der Waals surface area contributed by atoms with Crippen LogP contribution in [0.1, 0.15) is 32.4 Å². The van der Waals surface area contributed by atoms with Crippen LogP contribution in [0, 0.1) is 0 Å². The van der Waals surface area contributed by atoms with Crippen LogP contribution < -0.4 is 11.1 Å². The summed E-state index contributed by atoms with van der Waals surface area (Å²) in [6, 6.07) is -0.989. The largest absolute Gasteiger partial charge is 0.469 e. The van der Waals surface area contributed by atoms with Crippen molar-refractivity contribution in [3.8, 4) is 0 Å². The number of nitrogens with two attached hydrogens (primary N) is 1. The maximum Gasteiger partial charge on any atom is 0.469 e. The van der Waals surface area contributed by atoms with E-state index in [-0.39, 0.29) is 75.0 Å². The number of aromatic nitrogens is 4. The van der Waals surface area contributed by atoms with Crippen molar-refractivity contribution in [3.63, 3.8) is 0 Å². The van der Waals surface area contributed by atoms with E-state index in [2.05, 4.69) is 24.8 Å². The molecule has 23 nitrogen and oxygen atoms in total. The number of imidazole rings is 1. The van der Waals surface area contributed by atoms with Gasteiger partial charge in [0.15, 0.2) is 24.0 Å². The van der Waals surface area contributed by atoms with E-state index in [0.29, 0.717) is 12.8 Å². The van der Waals surface area contributed by atoms with Gasteiger partial charge in [0, 0.05) is 33.5 Å². The van der Waals surface area contributed by atoms with Crippen molar-refractivity contribution in [1.82, 2.24) is 29.7 Å². The van der Waals surface area contributed by atoms with Crippen molar-refractivity contribution in [2.24, 2.45) is 0 Å². The zero-order valence-electron chi connectivity index (χ0n) is 29.2. The molecule has 9 atom stereocenters. The minimum Gasteiger partial charge on any atom is -0.394 e. The Kier molecular flexibility index (Phi) is 16.2. The number of nitrogen functional groups attached to an aromatic ring is 1. The third kappa shape index (κ3) is 11.7. The number of phosphoric ester groups is 1. The Balaban J connectivity index is 1.10. The summed E-state index contributed by atoms with van der Waals surface area (Å²) in [6.45, 7) is 0.613. The van der Waals surface area contributed by atoms with E-state index in [0.717, 1.165) is 0 Å². The first-order valence-corrected chi connectivity index (χ1v) is 18.2. The third-order valence-electron chi connectivity index (χ3n) is 8.54. The second-order valence-electron chi connectivity index (χ2n) is 12.2. The Morgan fingerprint density at radius 2 is 1.75 bits per heavy atom. The van der Waals surface area contributed by atoms with Gasteiger partial charge in [0.2, 0.25) is 11.8 Å². The molecule has 0 spiro atoms. The summed E-state index contributed by atoms with van der Waals surface area (Å²) in [5.74, 6) is -0.473. The summed E-state index contributed by atoms with van der Waals surface area (Å²) >= 11 is 0. The number of aliphatic hydroxyl groups excluding tert-OH is 4. The zero-order chi connectivity index (χ0) is 38.7. The molecule has 9 N–H and O–H groups in total. The third-order valence-corrected chi connectivity index (χ3v) is 9.02. The van der Waals surface area contributed by atoms with Crippen LogP contribution in [0.2, 0.25) is 0 Å². The standard InChI is InChI=1S/C29H48N7O16P/c1-16(38)35(2)21-24(42)22(40)17(11-37)52-29(21)48-7-4-3-5-19(39)31-6-8-46-9-10-47-15-49-25-23(41)18(12-50-53(43,44)45)51-28(25)36-14-34-20-26(30)32-13-33-27(20)36/h13-14,17-18,21-25,28-29,37,40-42H,3-12,15H2,1-2H3,(H,31,39)(H2,30,32,33)(H2,43,44,45)/t17-,18-,21-,22+,23-,24-,25-,28-,29-/m1/s1. The van der Waals surface area contributed by atoms with E-state index in [1.165, 1.54) is 36.1 Å².